The maximum absolute atomic E-state index is 10.7. The molecule has 0 aliphatic carbocycles. The molecular formula is C28H42N4O3. The molecule has 2 aromatic rings. The third-order valence-corrected chi connectivity index (χ3v) is 6.21. The Balaban J connectivity index is 1.47. The van der Waals surface area contributed by atoms with Gasteiger partial charge in [0.25, 0.3) is 5.69 Å². The van der Waals surface area contributed by atoms with Crippen LogP contribution in [-0.2, 0) is 0 Å². The molecule has 0 bridgehead atoms. The van der Waals surface area contributed by atoms with Gasteiger partial charge in [-0.2, -0.15) is 10.2 Å². The molecule has 0 radical (unpaired) electrons. The standard InChI is InChI=1S/C28H42N4O3/c1-3-31(4-2)23-13-11-9-7-5-6-8-10-12-14-24-35-28-21-17-26(18-22-28)30-29-25-15-19-27(20-16-25)32(33)34/h15-22H,3-14,23-24H2,1-2H3. The van der Waals surface area contributed by atoms with Crippen molar-refractivity contribution in [3.8, 4) is 5.75 Å². The fourth-order valence-corrected chi connectivity index (χ4v) is 3.95. The van der Waals surface area contributed by atoms with Crippen LogP contribution in [0.15, 0.2) is 58.8 Å². The first-order valence-corrected chi connectivity index (χ1v) is 13.2. The summed E-state index contributed by atoms with van der Waals surface area (Å²) in [5.41, 5.74) is 1.32. The van der Waals surface area contributed by atoms with E-state index in [2.05, 4.69) is 29.0 Å². The van der Waals surface area contributed by atoms with Gasteiger partial charge in [0.2, 0.25) is 0 Å². The predicted octanol–water partition coefficient (Wildman–Crippen LogP) is 8.63. The maximum atomic E-state index is 10.7. The van der Waals surface area contributed by atoms with Crippen LogP contribution in [0.25, 0.3) is 0 Å². The first-order valence-electron chi connectivity index (χ1n) is 13.2. The van der Waals surface area contributed by atoms with E-state index in [9.17, 15) is 10.1 Å². The number of non-ortho nitro benzene ring substituents is 1. The van der Waals surface area contributed by atoms with E-state index in [1.807, 2.05) is 24.3 Å². The molecule has 2 rings (SSSR count). The molecular weight excluding hydrogens is 440 g/mol. The van der Waals surface area contributed by atoms with Crippen LogP contribution in [0.3, 0.4) is 0 Å². The van der Waals surface area contributed by atoms with Crippen molar-refractivity contribution in [1.29, 1.82) is 0 Å². The molecule has 0 unspecified atom stereocenters. The fraction of sp³-hybridized carbons (Fsp3) is 0.571. The maximum Gasteiger partial charge on any atom is 0.269 e. The summed E-state index contributed by atoms with van der Waals surface area (Å²) >= 11 is 0. The SMILES string of the molecule is CCN(CC)CCCCCCCCCCCCOc1ccc(N=Nc2ccc([N+](=O)[O-])cc2)cc1. The van der Waals surface area contributed by atoms with E-state index >= 15 is 0 Å². The van der Waals surface area contributed by atoms with Gasteiger partial charge in [0.05, 0.1) is 22.9 Å². The van der Waals surface area contributed by atoms with Crippen molar-refractivity contribution in [1.82, 2.24) is 4.90 Å². The van der Waals surface area contributed by atoms with Crippen molar-refractivity contribution < 1.29 is 9.66 Å². The molecule has 0 heterocycles. The number of nitro benzene ring substituents is 1. The van der Waals surface area contributed by atoms with Gasteiger partial charge in [-0.3, -0.25) is 10.1 Å². The van der Waals surface area contributed by atoms with Crippen LogP contribution in [0.4, 0.5) is 17.1 Å². The first-order chi connectivity index (χ1) is 17.1. The molecule has 0 aromatic heterocycles. The Morgan fingerprint density at radius 3 is 1.66 bits per heavy atom. The Morgan fingerprint density at radius 2 is 1.17 bits per heavy atom. The van der Waals surface area contributed by atoms with Gasteiger partial charge in [-0.25, -0.2) is 0 Å². The van der Waals surface area contributed by atoms with Crippen LogP contribution in [0.1, 0.15) is 78.1 Å². The van der Waals surface area contributed by atoms with Gasteiger partial charge in [0.15, 0.2) is 0 Å². The van der Waals surface area contributed by atoms with E-state index in [1.165, 1.54) is 89.6 Å². The number of hydrogen-bond acceptors (Lipinski definition) is 6. The second-order valence-electron chi connectivity index (χ2n) is 8.88. The summed E-state index contributed by atoms with van der Waals surface area (Å²) < 4.78 is 5.84. The number of hydrogen-bond donors (Lipinski definition) is 0. The van der Waals surface area contributed by atoms with Gasteiger partial charge in [0, 0.05) is 12.1 Å². The molecule has 0 saturated carbocycles. The Morgan fingerprint density at radius 1 is 0.714 bits per heavy atom. The minimum atomic E-state index is -0.433. The molecule has 0 atom stereocenters. The average Bonchev–Trinajstić information content (AvgIpc) is 2.88. The van der Waals surface area contributed by atoms with Crippen molar-refractivity contribution in [3.05, 3.63) is 58.6 Å². The summed E-state index contributed by atoms with van der Waals surface area (Å²) in [4.78, 5) is 12.8. The zero-order valence-electron chi connectivity index (χ0n) is 21.5. The molecule has 0 aliphatic heterocycles. The van der Waals surface area contributed by atoms with Crippen LogP contribution >= 0.6 is 0 Å². The lowest BCUT2D eigenvalue weighted by molar-refractivity contribution is -0.384. The van der Waals surface area contributed by atoms with Crippen LogP contribution in [0, 0.1) is 10.1 Å². The second-order valence-corrected chi connectivity index (χ2v) is 8.88. The van der Waals surface area contributed by atoms with Crippen LogP contribution in [0.5, 0.6) is 5.75 Å². The predicted molar refractivity (Wildman–Crippen MR) is 143 cm³/mol. The van der Waals surface area contributed by atoms with Gasteiger partial charge in [-0.05, 0) is 68.9 Å². The van der Waals surface area contributed by atoms with Crippen molar-refractivity contribution in [3.63, 3.8) is 0 Å². The van der Waals surface area contributed by atoms with Gasteiger partial charge in [-0.1, -0.05) is 65.2 Å². The number of ether oxygens (including phenoxy) is 1. The Bertz CT molecular complexity index is 850. The van der Waals surface area contributed by atoms with Crippen molar-refractivity contribution in [2.75, 3.05) is 26.2 Å². The number of rotatable bonds is 19. The Hall–Kier alpha value is -2.80. The number of benzene rings is 2. The summed E-state index contributed by atoms with van der Waals surface area (Å²) in [6.07, 6.45) is 13.1. The second kappa shape index (κ2) is 17.6. The molecule has 0 fully saturated rings. The molecule has 0 amide bonds. The summed E-state index contributed by atoms with van der Waals surface area (Å²) in [5, 5.41) is 19.0. The topological polar surface area (TPSA) is 80.3 Å². The summed E-state index contributed by atoms with van der Waals surface area (Å²) in [6.45, 7) is 8.83. The monoisotopic (exact) mass is 482 g/mol. The van der Waals surface area contributed by atoms with Gasteiger partial charge in [-0.15, -0.1) is 0 Å². The minimum absolute atomic E-state index is 0.0396. The lowest BCUT2D eigenvalue weighted by Crippen LogP contribution is -2.23. The Kier molecular flexibility index (Phi) is 14.3. The molecule has 0 aliphatic rings. The highest BCUT2D eigenvalue weighted by Gasteiger charge is 2.03. The number of nitrogens with zero attached hydrogens (tertiary/aromatic N) is 4. The average molecular weight is 483 g/mol. The molecule has 192 valence electrons. The lowest BCUT2D eigenvalue weighted by Gasteiger charge is -2.17. The third-order valence-electron chi connectivity index (χ3n) is 6.21. The van der Waals surface area contributed by atoms with E-state index in [4.69, 9.17) is 4.74 Å². The normalized spacial score (nSPS) is 11.4. The summed E-state index contributed by atoms with van der Waals surface area (Å²) in [7, 11) is 0. The highest BCUT2D eigenvalue weighted by atomic mass is 16.6. The highest BCUT2D eigenvalue weighted by Crippen LogP contribution is 2.23. The van der Waals surface area contributed by atoms with Crippen molar-refractivity contribution in [2.45, 2.75) is 78.1 Å². The smallest absolute Gasteiger partial charge is 0.269 e. The lowest BCUT2D eigenvalue weighted by atomic mass is 10.1. The number of unbranched alkanes of at least 4 members (excludes halogenated alkanes) is 9. The number of azo groups is 1. The Labute approximate surface area is 210 Å². The molecule has 0 spiro atoms. The van der Waals surface area contributed by atoms with E-state index in [-0.39, 0.29) is 5.69 Å². The quantitative estimate of drug-likeness (QED) is 0.0868. The van der Waals surface area contributed by atoms with Crippen molar-refractivity contribution in [2.24, 2.45) is 10.2 Å². The fourth-order valence-electron chi connectivity index (χ4n) is 3.95. The zero-order valence-corrected chi connectivity index (χ0v) is 21.5. The van der Waals surface area contributed by atoms with Crippen LogP contribution < -0.4 is 4.74 Å². The molecule has 35 heavy (non-hydrogen) atoms. The van der Waals surface area contributed by atoms with Gasteiger partial charge >= 0.3 is 0 Å². The van der Waals surface area contributed by atoms with E-state index in [0.29, 0.717) is 11.4 Å². The first kappa shape index (κ1) is 28.4. The number of nitro groups is 1. The van der Waals surface area contributed by atoms with Gasteiger partial charge in [0.1, 0.15) is 5.75 Å². The largest absolute Gasteiger partial charge is 0.494 e. The zero-order chi connectivity index (χ0) is 25.1. The van der Waals surface area contributed by atoms with E-state index in [1.54, 1.807) is 12.1 Å². The minimum Gasteiger partial charge on any atom is -0.494 e. The van der Waals surface area contributed by atoms with Crippen LogP contribution in [-0.4, -0.2) is 36.1 Å². The highest BCUT2D eigenvalue weighted by molar-refractivity contribution is 5.45. The summed E-state index contributed by atoms with van der Waals surface area (Å²) in [6, 6.07) is 13.5. The molecule has 7 nitrogen and oxygen atoms in total. The van der Waals surface area contributed by atoms with E-state index in [0.717, 1.165) is 18.8 Å². The van der Waals surface area contributed by atoms with Crippen molar-refractivity contribution >= 4 is 17.1 Å². The third kappa shape index (κ3) is 12.5. The summed E-state index contributed by atoms with van der Waals surface area (Å²) in [5.74, 6) is 0.834. The molecule has 7 heteroatoms. The van der Waals surface area contributed by atoms with E-state index < -0.39 is 4.92 Å². The molecule has 2 aromatic carbocycles. The molecule has 0 N–H and O–H groups in total. The molecule has 0 saturated heterocycles. The van der Waals surface area contributed by atoms with Crippen LogP contribution in [0.2, 0.25) is 0 Å². The van der Waals surface area contributed by atoms with Gasteiger partial charge < -0.3 is 9.64 Å².